The van der Waals surface area contributed by atoms with Gasteiger partial charge in [0.05, 0.1) is 27.7 Å². The van der Waals surface area contributed by atoms with Gasteiger partial charge in [0.1, 0.15) is 19.8 Å². The van der Waals surface area contributed by atoms with Crippen molar-refractivity contribution in [1.29, 1.82) is 0 Å². The molecule has 0 N–H and O–H groups in total. The van der Waals surface area contributed by atoms with Gasteiger partial charge in [0.25, 0.3) is 7.82 Å². The first-order valence-corrected chi connectivity index (χ1v) is 26.5. The Balaban J connectivity index is 4.23. The number of phosphoric ester groups is 1. The highest BCUT2D eigenvalue weighted by Crippen LogP contribution is 2.38. The highest BCUT2D eigenvalue weighted by molar-refractivity contribution is 7.45. The molecule has 0 bridgehead atoms. The lowest BCUT2D eigenvalue weighted by atomic mass is 10.0. The largest absolute Gasteiger partial charge is 0.756 e. The van der Waals surface area contributed by atoms with Crippen molar-refractivity contribution in [3.63, 3.8) is 0 Å². The Morgan fingerprint density at radius 2 is 0.850 bits per heavy atom. The van der Waals surface area contributed by atoms with E-state index in [1.54, 1.807) is 0 Å². The van der Waals surface area contributed by atoms with E-state index in [0.29, 0.717) is 17.4 Å². The first-order chi connectivity index (χ1) is 29.0. The summed E-state index contributed by atoms with van der Waals surface area (Å²) < 4.78 is 34.0. The maximum Gasteiger partial charge on any atom is 0.306 e. The standard InChI is InChI=1S/C50H96NO8P/c1-6-8-10-12-14-16-18-20-22-23-24-25-26-27-29-30-32-34-36-38-40-42-49(52)56-46-48(47-58-60(54,55)57-45-44-51(3,4)5)59-50(53)43-41-39-37-35-33-31-28-21-19-17-15-13-11-9-7-2/h20-22,28,48H,6-19,23-27,29-47H2,1-5H3/b22-20+,28-21+/t48-/m0/s1. The van der Waals surface area contributed by atoms with Crippen LogP contribution in [0.1, 0.15) is 232 Å². The van der Waals surface area contributed by atoms with Crippen LogP contribution in [0.2, 0.25) is 0 Å². The molecular weight excluding hydrogens is 774 g/mol. The van der Waals surface area contributed by atoms with Crippen LogP contribution in [-0.4, -0.2) is 70.0 Å². The Morgan fingerprint density at radius 3 is 1.23 bits per heavy atom. The molecule has 0 aliphatic carbocycles. The zero-order chi connectivity index (χ0) is 44.3. The number of allylic oxidation sites excluding steroid dienone is 4. The number of hydrogen-bond acceptors (Lipinski definition) is 8. The Morgan fingerprint density at radius 1 is 0.500 bits per heavy atom. The Labute approximate surface area is 370 Å². The molecule has 354 valence electrons. The molecule has 0 aromatic carbocycles. The van der Waals surface area contributed by atoms with Crippen LogP contribution in [0.5, 0.6) is 0 Å². The maximum absolute atomic E-state index is 12.7. The van der Waals surface area contributed by atoms with Crippen LogP contribution >= 0.6 is 7.82 Å². The van der Waals surface area contributed by atoms with Crippen LogP contribution in [0.4, 0.5) is 0 Å². The smallest absolute Gasteiger partial charge is 0.306 e. The third-order valence-corrected chi connectivity index (χ3v) is 11.9. The monoisotopic (exact) mass is 870 g/mol. The number of phosphoric acid groups is 1. The van der Waals surface area contributed by atoms with E-state index < -0.39 is 26.5 Å². The van der Waals surface area contributed by atoms with Gasteiger partial charge in [-0.3, -0.25) is 14.2 Å². The number of esters is 2. The SMILES string of the molecule is CCCCCCCC/C=C/CCCCCCCCCCCCCC(=O)OC[C@@H](COP(=O)([O-])OCC[N+](C)(C)C)OC(=O)CCCCCCC/C=C/CCCCCCCC. The van der Waals surface area contributed by atoms with Crippen LogP contribution in [0.15, 0.2) is 24.3 Å². The highest BCUT2D eigenvalue weighted by atomic mass is 31.2. The molecular formula is C50H96NO8P. The van der Waals surface area contributed by atoms with Crippen LogP contribution in [0.3, 0.4) is 0 Å². The first-order valence-electron chi connectivity index (χ1n) is 25.0. The molecule has 60 heavy (non-hydrogen) atoms. The number of quaternary nitrogens is 1. The number of ether oxygens (including phenoxy) is 2. The molecule has 0 aliphatic heterocycles. The lowest BCUT2D eigenvalue weighted by Gasteiger charge is -2.28. The molecule has 0 spiro atoms. The van der Waals surface area contributed by atoms with Gasteiger partial charge in [-0.05, 0) is 64.2 Å². The first kappa shape index (κ1) is 58.5. The van der Waals surface area contributed by atoms with E-state index in [1.165, 1.54) is 148 Å². The van der Waals surface area contributed by atoms with Crippen molar-refractivity contribution in [2.75, 3.05) is 47.5 Å². The topological polar surface area (TPSA) is 111 Å². The maximum atomic E-state index is 12.7. The van der Waals surface area contributed by atoms with Crippen LogP contribution in [-0.2, 0) is 32.7 Å². The van der Waals surface area contributed by atoms with E-state index in [9.17, 15) is 19.0 Å². The molecule has 1 unspecified atom stereocenters. The molecule has 0 amide bonds. The minimum Gasteiger partial charge on any atom is -0.756 e. The van der Waals surface area contributed by atoms with Gasteiger partial charge in [0, 0.05) is 12.8 Å². The van der Waals surface area contributed by atoms with E-state index in [4.69, 9.17) is 18.5 Å². The van der Waals surface area contributed by atoms with Crippen molar-refractivity contribution >= 4 is 19.8 Å². The van der Waals surface area contributed by atoms with Gasteiger partial charge in [0.2, 0.25) is 0 Å². The van der Waals surface area contributed by atoms with Crippen molar-refractivity contribution in [2.24, 2.45) is 0 Å². The van der Waals surface area contributed by atoms with Gasteiger partial charge in [-0.1, -0.05) is 179 Å². The van der Waals surface area contributed by atoms with Gasteiger partial charge < -0.3 is 27.9 Å². The van der Waals surface area contributed by atoms with Gasteiger partial charge in [0.15, 0.2) is 6.10 Å². The highest BCUT2D eigenvalue weighted by Gasteiger charge is 2.21. The lowest BCUT2D eigenvalue weighted by Crippen LogP contribution is -2.37. The van der Waals surface area contributed by atoms with Crippen LogP contribution < -0.4 is 4.89 Å². The number of nitrogens with zero attached hydrogens (tertiary/aromatic N) is 1. The molecule has 9 nitrogen and oxygen atoms in total. The molecule has 0 saturated carbocycles. The fraction of sp³-hybridized carbons (Fsp3) is 0.880. The molecule has 0 saturated heterocycles. The zero-order valence-electron chi connectivity index (χ0n) is 39.9. The summed E-state index contributed by atoms with van der Waals surface area (Å²) in [4.78, 5) is 37.7. The lowest BCUT2D eigenvalue weighted by molar-refractivity contribution is -0.870. The van der Waals surface area contributed by atoms with Crippen molar-refractivity contribution in [3.05, 3.63) is 24.3 Å². The van der Waals surface area contributed by atoms with Crippen molar-refractivity contribution in [1.82, 2.24) is 0 Å². The van der Waals surface area contributed by atoms with Gasteiger partial charge >= 0.3 is 11.9 Å². The second-order valence-corrected chi connectivity index (χ2v) is 19.6. The third-order valence-electron chi connectivity index (χ3n) is 10.9. The van der Waals surface area contributed by atoms with Crippen LogP contribution in [0.25, 0.3) is 0 Å². The molecule has 0 heterocycles. The normalized spacial score (nSPS) is 13.6. The number of carbonyl (C=O) groups is 2. The number of hydrogen-bond donors (Lipinski definition) is 0. The summed E-state index contributed by atoms with van der Waals surface area (Å²) in [6.07, 6.45) is 47.8. The molecule has 0 aliphatic rings. The summed E-state index contributed by atoms with van der Waals surface area (Å²) in [6.45, 7) is 4.24. The fourth-order valence-electron chi connectivity index (χ4n) is 7.00. The molecule has 10 heteroatoms. The number of likely N-dealkylation sites (N-methyl/N-ethyl adjacent to an activating group) is 1. The van der Waals surface area contributed by atoms with E-state index in [2.05, 4.69) is 38.2 Å². The summed E-state index contributed by atoms with van der Waals surface area (Å²) in [5.74, 6) is -0.836. The quantitative estimate of drug-likeness (QED) is 0.0195. The Bertz CT molecular complexity index is 1070. The van der Waals surface area contributed by atoms with Gasteiger partial charge in [-0.15, -0.1) is 0 Å². The number of carbonyl (C=O) groups excluding carboxylic acids is 2. The molecule has 0 aromatic rings. The zero-order valence-corrected chi connectivity index (χ0v) is 40.8. The third kappa shape index (κ3) is 46.0. The average Bonchev–Trinajstić information content (AvgIpc) is 3.20. The predicted octanol–water partition coefficient (Wildman–Crippen LogP) is 14.1. The molecule has 0 radical (unpaired) electrons. The van der Waals surface area contributed by atoms with E-state index in [1.807, 2.05) is 21.1 Å². The van der Waals surface area contributed by atoms with Crippen molar-refractivity contribution in [2.45, 2.75) is 238 Å². The molecule has 0 aromatic heterocycles. The van der Waals surface area contributed by atoms with Gasteiger partial charge in [-0.25, -0.2) is 0 Å². The summed E-state index contributed by atoms with van der Waals surface area (Å²) in [7, 11) is 1.17. The molecule has 0 rings (SSSR count). The minimum atomic E-state index is -4.63. The predicted molar refractivity (Wildman–Crippen MR) is 250 cm³/mol. The second-order valence-electron chi connectivity index (χ2n) is 18.2. The van der Waals surface area contributed by atoms with E-state index >= 15 is 0 Å². The number of unbranched alkanes of at least 4 members (excludes halogenated alkanes) is 28. The summed E-state index contributed by atoms with van der Waals surface area (Å²) in [5, 5.41) is 0. The summed E-state index contributed by atoms with van der Waals surface area (Å²) in [5.41, 5.74) is 0. The van der Waals surface area contributed by atoms with Gasteiger partial charge in [-0.2, -0.15) is 0 Å². The van der Waals surface area contributed by atoms with Crippen molar-refractivity contribution in [3.8, 4) is 0 Å². The van der Waals surface area contributed by atoms with E-state index in [-0.39, 0.29) is 32.0 Å². The minimum absolute atomic E-state index is 0.0309. The summed E-state index contributed by atoms with van der Waals surface area (Å²) in [6, 6.07) is 0. The second kappa shape index (κ2) is 42.8. The van der Waals surface area contributed by atoms with Crippen molar-refractivity contribution < 1.29 is 42.1 Å². The van der Waals surface area contributed by atoms with E-state index in [0.717, 1.165) is 51.4 Å². The molecule has 0 fully saturated rings. The fourth-order valence-corrected chi connectivity index (χ4v) is 7.73. The average molecular weight is 870 g/mol. The summed E-state index contributed by atoms with van der Waals surface area (Å²) >= 11 is 0. The Hall–Kier alpha value is -1.51. The number of rotatable bonds is 46. The molecule has 2 atom stereocenters. The Kier molecular flexibility index (Phi) is 41.7. The van der Waals surface area contributed by atoms with Crippen LogP contribution in [0, 0.1) is 0 Å².